The number of rotatable bonds is 9. The summed E-state index contributed by atoms with van der Waals surface area (Å²) in [7, 11) is 0. The topological polar surface area (TPSA) is 102 Å². The van der Waals surface area contributed by atoms with Gasteiger partial charge in [-0.25, -0.2) is 13.6 Å². The second kappa shape index (κ2) is 12.1. The van der Waals surface area contributed by atoms with Crippen molar-refractivity contribution >= 4 is 29.4 Å². The first-order valence-corrected chi connectivity index (χ1v) is 12.4. The lowest BCUT2D eigenvalue weighted by atomic mass is 9.91. The number of nitrogens with one attached hydrogen (secondary N) is 1. The van der Waals surface area contributed by atoms with Gasteiger partial charge in [-0.15, -0.1) is 0 Å². The fourth-order valence-corrected chi connectivity index (χ4v) is 4.18. The first kappa shape index (κ1) is 28.7. The molecule has 1 aliphatic heterocycles. The SMILES string of the molecule is CCOC(=O)C(CCC(F)F)c1ccc(NC(=O)OC(C)(C)C)c(C(=O)C(=O)N2Cc3ccccc3C2)c1. The largest absolute Gasteiger partial charge is 0.466 e. The van der Waals surface area contributed by atoms with Gasteiger partial charge in [0.15, 0.2) is 0 Å². The standard InChI is InChI=1S/C28H32F2N2O6/c1-5-37-26(35)20(11-13-23(29)30)17-10-12-22(31-27(36)38-28(2,3)4)21(14-17)24(33)25(34)32-15-18-8-6-7-9-19(18)16-32/h6-10,12,14,20,23H,5,11,13,15-16H2,1-4H3,(H,31,36). The van der Waals surface area contributed by atoms with Gasteiger partial charge in [-0.3, -0.25) is 19.7 Å². The Morgan fingerprint density at radius 2 is 1.63 bits per heavy atom. The highest BCUT2D eigenvalue weighted by Gasteiger charge is 2.32. The molecule has 8 nitrogen and oxygen atoms in total. The van der Waals surface area contributed by atoms with Crippen molar-refractivity contribution in [2.75, 3.05) is 11.9 Å². The van der Waals surface area contributed by atoms with Crippen molar-refractivity contribution in [1.82, 2.24) is 4.90 Å². The van der Waals surface area contributed by atoms with E-state index >= 15 is 0 Å². The summed E-state index contributed by atoms with van der Waals surface area (Å²) in [4.78, 5) is 53.2. The number of amides is 2. The van der Waals surface area contributed by atoms with Gasteiger partial charge >= 0.3 is 12.1 Å². The predicted octanol–water partition coefficient (Wildman–Crippen LogP) is 5.45. The number of carbonyl (C=O) groups is 4. The zero-order valence-corrected chi connectivity index (χ0v) is 21.9. The van der Waals surface area contributed by atoms with E-state index in [9.17, 15) is 28.0 Å². The normalized spacial score (nSPS) is 13.6. The Hall–Kier alpha value is -3.82. The number of fused-ring (bicyclic) bond motifs is 1. The van der Waals surface area contributed by atoms with Crippen molar-refractivity contribution < 1.29 is 37.4 Å². The molecule has 204 valence electrons. The highest BCUT2D eigenvalue weighted by Crippen LogP contribution is 2.30. The molecule has 1 unspecified atom stereocenters. The first-order valence-electron chi connectivity index (χ1n) is 12.4. The van der Waals surface area contributed by atoms with Crippen LogP contribution in [0.2, 0.25) is 0 Å². The highest BCUT2D eigenvalue weighted by molar-refractivity contribution is 6.44. The minimum absolute atomic E-state index is 0.00507. The van der Waals surface area contributed by atoms with Crippen LogP contribution in [0.1, 0.15) is 73.5 Å². The van der Waals surface area contributed by atoms with Crippen LogP contribution in [0.15, 0.2) is 42.5 Å². The number of ether oxygens (including phenoxy) is 2. The van der Waals surface area contributed by atoms with Crippen LogP contribution in [0.3, 0.4) is 0 Å². The number of carbonyl (C=O) groups excluding carboxylic acids is 4. The van der Waals surface area contributed by atoms with Crippen molar-refractivity contribution in [3.63, 3.8) is 0 Å². The number of ketones is 1. The molecule has 1 N–H and O–H groups in total. The molecule has 0 bridgehead atoms. The van der Waals surface area contributed by atoms with Crippen LogP contribution in [-0.4, -0.2) is 47.3 Å². The van der Waals surface area contributed by atoms with Gasteiger partial charge in [-0.05, 0) is 62.9 Å². The van der Waals surface area contributed by atoms with Gasteiger partial charge in [-0.2, -0.15) is 0 Å². The van der Waals surface area contributed by atoms with Crippen molar-refractivity contribution in [3.8, 4) is 0 Å². The summed E-state index contributed by atoms with van der Waals surface area (Å²) >= 11 is 0. The number of halogens is 2. The molecule has 2 aromatic rings. The fraction of sp³-hybridized carbons (Fsp3) is 0.429. The summed E-state index contributed by atoms with van der Waals surface area (Å²) in [6.07, 6.45) is -4.27. The minimum Gasteiger partial charge on any atom is -0.466 e. The first-order chi connectivity index (χ1) is 17.9. The van der Waals surface area contributed by atoms with E-state index in [1.807, 2.05) is 24.3 Å². The highest BCUT2D eigenvalue weighted by atomic mass is 19.3. The predicted molar refractivity (Wildman–Crippen MR) is 136 cm³/mol. The van der Waals surface area contributed by atoms with E-state index in [0.29, 0.717) is 0 Å². The van der Waals surface area contributed by atoms with Crippen LogP contribution in [0.4, 0.5) is 19.3 Å². The molecular weight excluding hydrogens is 498 g/mol. The number of hydrogen-bond donors (Lipinski definition) is 1. The van der Waals surface area contributed by atoms with E-state index in [1.54, 1.807) is 27.7 Å². The Morgan fingerprint density at radius 3 is 2.18 bits per heavy atom. The number of esters is 1. The third-order valence-corrected chi connectivity index (χ3v) is 5.89. The lowest BCUT2D eigenvalue weighted by molar-refractivity contribution is -0.145. The Balaban J connectivity index is 1.97. The van der Waals surface area contributed by atoms with Gasteiger partial charge in [0.1, 0.15) is 5.60 Å². The van der Waals surface area contributed by atoms with Gasteiger partial charge in [0.05, 0.1) is 23.8 Å². The lowest BCUT2D eigenvalue weighted by Crippen LogP contribution is -2.33. The third-order valence-electron chi connectivity index (χ3n) is 5.89. The Kier molecular flexibility index (Phi) is 9.19. The summed E-state index contributed by atoms with van der Waals surface area (Å²) in [6.45, 7) is 7.14. The van der Waals surface area contributed by atoms with E-state index in [0.717, 1.165) is 11.1 Å². The van der Waals surface area contributed by atoms with Crippen LogP contribution >= 0.6 is 0 Å². The molecule has 1 atom stereocenters. The molecule has 1 heterocycles. The second-order valence-corrected chi connectivity index (χ2v) is 9.96. The second-order valence-electron chi connectivity index (χ2n) is 9.96. The lowest BCUT2D eigenvalue weighted by Gasteiger charge is -2.22. The summed E-state index contributed by atoms with van der Waals surface area (Å²) in [5.41, 5.74) is 1.05. The van der Waals surface area contributed by atoms with Crippen molar-refractivity contribution in [1.29, 1.82) is 0 Å². The minimum atomic E-state index is -2.64. The number of nitrogens with zero attached hydrogens (tertiary/aromatic N) is 1. The van der Waals surface area contributed by atoms with Crippen LogP contribution in [-0.2, 0) is 32.2 Å². The van der Waals surface area contributed by atoms with Gasteiger partial charge in [0, 0.05) is 19.5 Å². The molecule has 0 aliphatic carbocycles. The Bertz CT molecular complexity index is 1180. The van der Waals surface area contributed by atoms with Gasteiger partial charge in [0.2, 0.25) is 6.43 Å². The molecule has 1 aliphatic rings. The molecule has 0 spiro atoms. The average Bonchev–Trinajstić information content (AvgIpc) is 3.27. The molecule has 10 heteroatoms. The van der Waals surface area contributed by atoms with Crippen LogP contribution in [0.5, 0.6) is 0 Å². The fourth-order valence-electron chi connectivity index (χ4n) is 4.18. The number of anilines is 1. The quantitative estimate of drug-likeness (QED) is 0.263. The average molecular weight is 531 g/mol. The summed E-state index contributed by atoms with van der Waals surface area (Å²) in [5, 5.41) is 2.49. The maximum atomic E-state index is 13.5. The van der Waals surface area contributed by atoms with E-state index in [2.05, 4.69) is 5.32 Å². The van der Waals surface area contributed by atoms with E-state index in [4.69, 9.17) is 9.47 Å². The molecule has 0 aromatic heterocycles. The molecule has 3 rings (SSSR count). The van der Waals surface area contributed by atoms with Crippen LogP contribution < -0.4 is 5.32 Å². The van der Waals surface area contributed by atoms with E-state index < -0.39 is 48.1 Å². The molecule has 0 saturated carbocycles. The van der Waals surface area contributed by atoms with Crippen LogP contribution in [0, 0.1) is 0 Å². The van der Waals surface area contributed by atoms with Gasteiger partial charge in [-0.1, -0.05) is 30.3 Å². The molecule has 2 amide bonds. The molecule has 2 aromatic carbocycles. The zero-order chi connectivity index (χ0) is 28.0. The van der Waals surface area contributed by atoms with E-state index in [-0.39, 0.29) is 42.9 Å². The monoisotopic (exact) mass is 530 g/mol. The van der Waals surface area contributed by atoms with Crippen molar-refractivity contribution in [3.05, 3.63) is 64.7 Å². The maximum absolute atomic E-state index is 13.5. The van der Waals surface area contributed by atoms with Crippen molar-refractivity contribution in [2.45, 2.75) is 71.6 Å². The van der Waals surface area contributed by atoms with Gasteiger partial charge < -0.3 is 14.4 Å². The Morgan fingerprint density at radius 1 is 1.00 bits per heavy atom. The molecule has 0 saturated heterocycles. The smallest absolute Gasteiger partial charge is 0.412 e. The number of benzene rings is 2. The number of Topliss-reactive ketones (excluding diaryl/α,β-unsaturated/α-hetero) is 1. The summed E-state index contributed by atoms with van der Waals surface area (Å²) < 4.78 is 36.3. The van der Waals surface area contributed by atoms with Gasteiger partial charge in [0.25, 0.3) is 11.7 Å². The Labute approximate surface area is 220 Å². The molecular formula is C28H32F2N2O6. The number of alkyl halides is 2. The van der Waals surface area contributed by atoms with Crippen molar-refractivity contribution in [2.24, 2.45) is 0 Å². The van der Waals surface area contributed by atoms with Crippen LogP contribution in [0.25, 0.3) is 0 Å². The third kappa shape index (κ3) is 7.36. The molecule has 38 heavy (non-hydrogen) atoms. The summed E-state index contributed by atoms with van der Waals surface area (Å²) in [6, 6.07) is 11.5. The zero-order valence-electron chi connectivity index (χ0n) is 21.9. The number of hydrogen-bond acceptors (Lipinski definition) is 6. The van der Waals surface area contributed by atoms with E-state index in [1.165, 1.54) is 23.1 Å². The molecule has 0 radical (unpaired) electrons. The molecule has 0 fully saturated rings. The summed E-state index contributed by atoms with van der Waals surface area (Å²) in [5.74, 6) is -3.52. The maximum Gasteiger partial charge on any atom is 0.412 e.